The second kappa shape index (κ2) is 5.63. The summed E-state index contributed by atoms with van der Waals surface area (Å²) in [5.74, 6) is 0.307. The highest BCUT2D eigenvalue weighted by Crippen LogP contribution is 2.30. The summed E-state index contributed by atoms with van der Waals surface area (Å²) in [4.78, 5) is 24.0. The van der Waals surface area contributed by atoms with Crippen LogP contribution < -0.4 is 20.9 Å². The molecule has 0 saturated carbocycles. The van der Waals surface area contributed by atoms with E-state index in [1.165, 1.54) is 25.3 Å². The zero-order chi connectivity index (χ0) is 15.7. The number of aromatic amines is 1. The molecule has 0 spiro atoms. The van der Waals surface area contributed by atoms with Crippen LogP contribution in [0.3, 0.4) is 0 Å². The molecule has 3 heterocycles. The maximum atomic E-state index is 14.0. The summed E-state index contributed by atoms with van der Waals surface area (Å²) in [6.07, 6.45) is 0.744. The van der Waals surface area contributed by atoms with Gasteiger partial charge in [0.25, 0.3) is 5.56 Å². The molecule has 0 amide bonds. The Labute approximate surface area is 126 Å². The van der Waals surface area contributed by atoms with Gasteiger partial charge in [0.1, 0.15) is 0 Å². The molecule has 7 nitrogen and oxygen atoms in total. The molecule has 3 N–H and O–H groups in total. The van der Waals surface area contributed by atoms with Crippen molar-refractivity contribution in [3.8, 4) is 5.88 Å². The average molecular weight is 305 g/mol. The van der Waals surface area contributed by atoms with Crippen molar-refractivity contribution in [1.29, 1.82) is 0 Å². The predicted molar refractivity (Wildman–Crippen MR) is 79.6 cm³/mol. The Kier molecular flexibility index (Phi) is 3.66. The smallest absolute Gasteiger partial charge is 0.252 e. The lowest BCUT2D eigenvalue weighted by atomic mass is 10.1. The molecule has 1 saturated heterocycles. The molecule has 2 aromatic rings. The molecule has 0 bridgehead atoms. The van der Waals surface area contributed by atoms with E-state index in [1.807, 2.05) is 4.90 Å². The maximum absolute atomic E-state index is 14.0. The fraction of sp³-hybridized carbons (Fsp3) is 0.357. The minimum atomic E-state index is -0.403. The van der Waals surface area contributed by atoms with Gasteiger partial charge in [-0.2, -0.15) is 4.98 Å². The van der Waals surface area contributed by atoms with Gasteiger partial charge in [0.2, 0.25) is 11.8 Å². The molecule has 2 aromatic heterocycles. The minimum absolute atomic E-state index is 0.0111. The number of hydrogen-bond acceptors (Lipinski definition) is 6. The van der Waals surface area contributed by atoms with E-state index in [0.29, 0.717) is 24.7 Å². The molecule has 3 rings (SSSR count). The molecular formula is C14H16FN5O2. The summed E-state index contributed by atoms with van der Waals surface area (Å²) in [5, 5.41) is 0. The van der Waals surface area contributed by atoms with Gasteiger partial charge in [0.15, 0.2) is 11.6 Å². The summed E-state index contributed by atoms with van der Waals surface area (Å²) in [6.45, 7) is 1.14. The zero-order valence-corrected chi connectivity index (χ0v) is 12.0. The van der Waals surface area contributed by atoms with E-state index in [1.54, 1.807) is 0 Å². The van der Waals surface area contributed by atoms with Crippen LogP contribution in [0.2, 0.25) is 0 Å². The highest BCUT2D eigenvalue weighted by molar-refractivity contribution is 5.44. The van der Waals surface area contributed by atoms with E-state index >= 15 is 0 Å². The summed E-state index contributed by atoms with van der Waals surface area (Å²) >= 11 is 0. The lowest BCUT2D eigenvalue weighted by molar-refractivity contribution is 0.396. The Morgan fingerprint density at radius 2 is 2.27 bits per heavy atom. The Balaban J connectivity index is 1.84. The number of H-pyrrole nitrogens is 1. The number of hydrogen-bond donors (Lipinski definition) is 2. The van der Waals surface area contributed by atoms with E-state index in [2.05, 4.69) is 15.0 Å². The van der Waals surface area contributed by atoms with Crippen molar-refractivity contribution in [2.45, 2.75) is 12.3 Å². The molecule has 1 fully saturated rings. The number of halogens is 1. The third-order valence-corrected chi connectivity index (χ3v) is 3.70. The normalized spacial score (nSPS) is 17.7. The van der Waals surface area contributed by atoms with Crippen molar-refractivity contribution in [2.24, 2.45) is 0 Å². The van der Waals surface area contributed by atoms with Crippen LogP contribution in [0.25, 0.3) is 0 Å². The number of nitrogens with two attached hydrogens (primary N) is 1. The van der Waals surface area contributed by atoms with Gasteiger partial charge in [-0.1, -0.05) is 0 Å². The fourth-order valence-corrected chi connectivity index (χ4v) is 2.65. The van der Waals surface area contributed by atoms with Crippen molar-refractivity contribution >= 4 is 11.8 Å². The molecule has 1 aliphatic heterocycles. The number of anilines is 2. The van der Waals surface area contributed by atoms with Crippen LogP contribution >= 0.6 is 0 Å². The number of ether oxygens (including phenoxy) is 1. The first-order valence-corrected chi connectivity index (χ1v) is 6.89. The number of aromatic nitrogens is 3. The lowest BCUT2D eigenvalue weighted by Crippen LogP contribution is -2.22. The van der Waals surface area contributed by atoms with Crippen LogP contribution in [0.5, 0.6) is 5.88 Å². The van der Waals surface area contributed by atoms with E-state index < -0.39 is 5.82 Å². The van der Waals surface area contributed by atoms with Crippen LogP contribution in [-0.2, 0) is 0 Å². The number of nitrogens with one attached hydrogen (secondary N) is 1. The van der Waals surface area contributed by atoms with Gasteiger partial charge in [0, 0.05) is 31.1 Å². The number of nitrogens with zero attached hydrogens (tertiary/aromatic N) is 3. The summed E-state index contributed by atoms with van der Waals surface area (Å²) in [7, 11) is 1.49. The molecule has 1 atom stereocenters. The van der Waals surface area contributed by atoms with Crippen LogP contribution in [0.15, 0.2) is 23.0 Å². The van der Waals surface area contributed by atoms with Gasteiger partial charge < -0.3 is 15.4 Å². The van der Waals surface area contributed by atoms with Crippen LogP contribution in [0, 0.1) is 5.82 Å². The van der Waals surface area contributed by atoms with Crippen molar-refractivity contribution in [1.82, 2.24) is 15.0 Å². The molecule has 0 radical (unpaired) electrons. The molecule has 116 valence electrons. The molecular weight excluding hydrogens is 289 g/mol. The van der Waals surface area contributed by atoms with Crippen molar-refractivity contribution in [3.05, 3.63) is 40.1 Å². The molecule has 0 aliphatic carbocycles. The fourth-order valence-electron chi connectivity index (χ4n) is 2.65. The Morgan fingerprint density at radius 1 is 1.45 bits per heavy atom. The third-order valence-electron chi connectivity index (χ3n) is 3.70. The first kappa shape index (κ1) is 14.3. The second-order valence-electron chi connectivity index (χ2n) is 5.15. The third kappa shape index (κ3) is 2.72. The van der Waals surface area contributed by atoms with Gasteiger partial charge in [-0.3, -0.25) is 9.78 Å². The minimum Gasteiger partial charge on any atom is -0.481 e. The van der Waals surface area contributed by atoms with Crippen LogP contribution in [-0.4, -0.2) is 35.2 Å². The first-order valence-electron chi connectivity index (χ1n) is 6.89. The Morgan fingerprint density at radius 3 is 3.00 bits per heavy atom. The predicted octanol–water partition coefficient (Wildman–Crippen LogP) is 0.889. The zero-order valence-electron chi connectivity index (χ0n) is 12.0. The standard InChI is InChI=1S/C14H16FN5O2/c1-22-12-3-2-9(15)13(19-12)20-5-4-8(7-20)10-6-11(21)18-14(16)17-10/h2-3,6,8H,4-5,7H2,1H3,(H3,16,17,18,21). The van der Waals surface area contributed by atoms with E-state index in [9.17, 15) is 9.18 Å². The number of pyridine rings is 1. The largest absolute Gasteiger partial charge is 0.481 e. The highest BCUT2D eigenvalue weighted by atomic mass is 19.1. The van der Waals surface area contributed by atoms with E-state index in [0.717, 1.165) is 6.42 Å². The van der Waals surface area contributed by atoms with Gasteiger partial charge in [-0.25, -0.2) is 9.37 Å². The summed E-state index contributed by atoms with van der Waals surface area (Å²) < 4.78 is 19.0. The molecule has 8 heteroatoms. The van der Waals surface area contributed by atoms with Gasteiger partial charge in [0.05, 0.1) is 12.8 Å². The van der Waals surface area contributed by atoms with Crippen molar-refractivity contribution in [3.63, 3.8) is 0 Å². The maximum Gasteiger partial charge on any atom is 0.252 e. The number of methoxy groups -OCH3 is 1. The number of rotatable bonds is 3. The van der Waals surface area contributed by atoms with E-state index in [-0.39, 0.29) is 23.2 Å². The highest BCUT2D eigenvalue weighted by Gasteiger charge is 2.28. The summed E-state index contributed by atoms with van der Waals surface area (Å²) in [6, 6.07) is 4.24. The van der Waals surface area contributed by atoms with Crippen molar-refractivity contribution < 1.29 is 9.13 Å². The van der Waals surface area contributed by atoms with Gasteiger partial charge in [-0.15, -0.1) is 0 Å². The van der Waals surface area contributed by atoms with Gasteiger partial charge >= 0.3 is 0 Å². The molecule has 1 aliphatic rings. The Hall–Kier alpha value is -2.64. The monoisotopic (exact) mass is 305 g/mol. The van der Waals surface area contributed by atoms with Crippen molar-refractivity contribution in [2.75, 3.05) is 30.8 Å². The second-order valence-corrected chi connectivity index (χ2v) is 5.15. The van der Waals surface area contributed by atoms with E-state index in [4.69, 9.17) is 10.5 Å². The number of nitrogen functional groups attached to an aromatic ring is 1. The lowest BCUT2D eigenvalue weighted by Gasteiger charge is -2.18. The van der Waals surface area contributed by atoms with Gasteiger partial charge in [-0.05, 0) is 12.5 Å². The quantitative estimate of drug-likeness (QED) is 0.874. The Bertz CT molecular complexity index is 748. The SMILES string of the molecule is COc1ccc(F)c(N2CCC(c3cc(=O)[nH]c(N)n3)C2)n1. The topological polar surface area (TPSA) is 97.1 Å². The molecule has 1 unspecified atom stereocenters. The summed E-state index contributed by atoms with van der Waals surface area (Å²) in [5.41, 5.74) is 5.90. The first-order chi connectivity index (χ1) is 10.6. The molecule has 0 aromatic carbocycles. The van der Waals surface area contributed by atoms with Crippen LogP contribution in [0.4, 0.5) is 16.2 Å². The average Bonchev–Trinajstić information content (AvgIpc) is 2.96. The van der Waals surface area contributed by atoms with Crippen LogP contribution in [0.1, 0.15) is 18.0 Å². The molecule has 22 heavy (non-hydrogen) atoms.